The van der Waals surface area contributed by atoms with Crippen LogP contribution in [0.4, 0.5) is 5.69 Å². The molecule has 1 amide bonds. The quantitative estimate of drug-likeness (QED) is 0.245. The number of para-hydroxylation sites is 2. The molecule has 194 valence electrons. The van der Waals surface area contributed by atoms with Crippen molar-refractivity contribution in [2.75, 3.05) is 12.4 Å². The summed E-state index contributed by atoms with van der Waals surface area (Å²) < 4.78 is 5.42. The predicted molar refractivity (Wildman–Crippen MR) is 160 cm³/mol. The number of carbonyl (C=O) groups excluding carboxylic acids is 1. The zero-order chi connectivity index (χ0) is 27.4. The number of halogens is 1. The molecule has 4 aromatic carbocycles. The Labute approximate surface area is 237 Å². The van der Waals surface area contributed by atoms with E-state index in [-0.39, 0.29) is 5.91 Å². The fourth-order valence-electron chi connectivity index (χ4n) is 4.85. The van der Waals surface area contributed by atoms with Crippen molar-refractivity contribution in [3.8, 4) is 11.8 Å². The van der Waals surface area contributed by atoms with Crippen LogP contribution in [0.15, 0.2) is 113 Å². The van der Waals surface area contributed by atoms with Crippen LogP contribution in [-0.2, 0) is 10.5 Å². The van der Waals surface area contributed by atoms with Crippen molar-refractivity contribution in [1.82, 2.24) is 5.32 Å². The van der Waals surface area contributed by atoms with Crippen LogP contribution in [0.3, 0.4) is 0 Å². The summed E-state index contributed by atoms with van der Waals surface area (Å²) in [6.07, 6.45) is 0. The van der Waals surface area contributed by atoms with Gasteiger partial charge < -0.3 is 15.4 Å². The number of nitriles is 1. The average molecular weight is 552 g/mol. The molecule has 39 heavy (non-hydrogen) atoms. The first-order valence-electron chi connectivity index (χ1n) is 12.4. The minimum absolute atomic E-state index is 0.333. The number of carbonyl (C=O) groups is 1. The van der Waals surface area contributed by atoms with Crippen LogP contribution in [-0.4, -0.2) is 13.0 Å². The fraction of sp³-hybridized carbons (Fsp3) is 0.125. The molecule has 0 radical (unpaired) electrons. The van der Waals surface area contributed by atoms with Gasteiger partial charge in [0, 0.05) is 22.0 Å². The summed E-state index contributed by atoms with van der Waals surface area (Å²) in [5.74, 6) is 0.222. The van der Waals surface area contributed by atoms with Gasteiger partial charge in [0.25, 0.3) is 5.91 Å². The highest BCUT2D eigenvalue weighted by Gasteiger charge is 2.36. The van der Waals surface area contributed by atoms with Gasteiger partial charge in [0.05, 0.1) is 35.4 Å². The summed E-state index contributed by atoms with van der Waals surface area (Å²) in [4.78, 5) is 13.8. The molecule has 1 atom stereocenters. The zero-order valence-corrected chi connectivity index (χ0v) is 23.1. The molecule has 1 aliphatic heterocycles. The van der Waals surface area contributed by atoms with Gasteiger partial charge in [0.15, 0.2) is 0 Å². The summed E-state index contributed by atoms with van der Waals surface area (Å²) in [5.41, 5.74) is 3.95. The first kappa shape index (κ1) is 26.4. The maximum Gasteiger partial charge on any atom is 0.254 e. The molecular formula is C32H26ClN3O2S. The number of fused-ring (bicyclic) bond motifs is 1. The van der Waals surface area contributed by atoms with Gasteiger partial charge in [-0.3, -0.25) is 4.79 Å². The molecule has 2 N–H and O–H groups in total. The molecule has 0 aliphatic carbocycles. The van der Waals surface area contributed by atoms with E-state index in [1.807, 2.05) is 55.5 Å². The zero-order valence-electron chi connectivity index (χ0n) is 21.5. The van der Waals surface area contributed by atoms with E-state index in [9.17, 15) is 10.1 Å². The van der Waals surface area contributed by atoms with Crippen LogP contribution in [0.1, 0.15) is 24.0 Å². The Morgan fingerprint density at radius 1 is 1.03 bits per heavy atom. The highest BCUT2D eigenvalue weighted by molar-refractivity contribution is 8.02. The minimum Gasteiger partial charge on any atom is -0.495 e. The van der Waals surface area contributed by atoms with Crippen LogP contribution in [0, 0.1) is 11.3 Å². The monoisotopic (exact) mass is 551 g/mol. The Kier molecular flexibility index (Phi) is 7.92. The lowest BCUT2D eigenvalue weighted by Gasteiger charge is -2.30. The highest BCUT2D eigenvalue weighted by Crippen LogP contribution is 2.44. The molecule has 4 aromatic rings. The highest BCUT2D eigenvalue weighted by atomic mass is 35.5. The molecule has 5 nitrogen and oxygen atoms in total. The number of amides is 1. The van der Waals surface area contributed by atoms with Crippen LogP contribution in [0.5, 0.6) is 5.75 Å². The van der Waals surface area contributed by atoms with Crippen molar-refractivity contribution in [3.63, 3.8) is 0 Å². The number of nitrogens with one attached hydrogen (secondary N) is 2. The normalized spacial score (nSPS) is 15.1. The molecule has 0 aromatic heterocycles. The third kappa shape index (κ3) is 5.37. The minimum atomic E-state index is -0.644. The number of allylic oxidation sites excluding steroid dienone is 2. The van der Waals surface area contributed by atoms with Crippen LogP contribution >= 0.6 is 23.4 Å². The molecule has 1 aliphatic rings. The Balaban J connectivity index is 1.54. The first-order chi connectivity index (χ1) is 19.0. The Hall–Kier alpha value is -4.18. The molecule has 0 fully saturated rings. The first-order valence-corrected chi connectivity index (χ1v) is 13.8. The van der Waals surface area contributed by atoms with Crippen molar-refractivity contribution in [2.24, 2.45) is 0 Å². The van der Waals surface area contributed by atoms with Crippen molar-refractivity contribution >= 4 is 45.7 Å². The maximum absolute atomic E-state index is 13.8. The number of thioether (sulfide) groups is 1. The smallest absolute Gasteiger partial charge is 0.254 e. The van der Waals surface area contributed by atoms with Gasteiger partial charge in [0.2, 0.25) is 0 Å². The number of benzene rings is 4. The number of methoxy groups -OCH3 is 1. The topological polar surface area (TPSA) is 74.2 Å². The maximum atomic E-state index is 13.8. The molecule has 7 heteroatoms. The summed E-state index contributed by atoms with van der Waals surface area (Å²) in [6, 6.07) is 31.5. The van der Waals surface area contributed by atoms with E-state index in [4.69, 9.17) is 16.3 Å². The second-order valence-electron chi connectivity index (χ2n) is 9.05. The van der Waals surface area contributed by atoms with E-state index in [1.54, 1.807) is 37.1 Å². The Bertz CT molecular complexity index is 1670. The number of anilines is 1. The lowest BCUT2D eigenvalue weighted by Crippen LogP contribution is -2.31. The molecule has 1 heterocycles. The van der Waals surface area contributed by atoms with Gasteiger partial charge in [-0.1, -0.05) is 84.4 Å². The molecule has 0 saturated heterocycles. The number of rotatable bonds is 7. The third-order valence-electron chi connectivity index (χ3n) is 6.72. The van der Waals surface area contributed by atoms with Gasteiger partial charge in [0.1, 0.15) is 5.75 Å². The Morgan fingerprint density at radius 3 is 2.54 bits per heavy atom. The van der Waals surface area contributed by atoms with Crippen molar-refractivity contribution < 1.29 is 9.53 Å². The number of ether oxygens (including phenoxy) is 1. The van der Waals surface area contributed by atoms with E-state index in [2.05, 4.69) is 41.0 Å². The van der Waals surface area contributed by atoms with E-state index in [0.717, 1.165) is 0 Å². The van der Waals surface area contributed by atoms with Gasteiger partial charge in [-0.25, -0.2) is 0 Å². The molecule has 0 saturated carbocycles. The summed E-state index contributed by atoms with van der Waals surface area (Å²) >= 11 is 8.20. The van der Waals surface area contributed by atoms with Crippen molar-refractivity contribution in [2.45, 2.75) is 18.6 Å². The Morgan fingerprint density at radius 2 is 1.74 bits per heavy atom. The molecule has 0 spiro atoms. The number of hydrogen-bond acceptors (Lipinski definition) is 5. The lowest BCUT2D eigenvalue weighted by atomic mass is 9.82. The number of hydrogen-bond donors (Lipinski definition) is 2. The van der Waals surface area contributed by atoms with Gasteiger partial charge in [-0.15, -0.1) is 11.8 Å². The third-order valence-corrected chi connectivity index (χ3v) is 8.13. The van der Waals surface area contributed by atoms with Crippen LogP contribution in [0.2, 0.25) is 5.02 Å². The average Bonchev–Trinajstić information content (AvgIpc) is 2.96. The van der Waals surface area contributed by atoms with Crippen LogP contribution in [0.25, 0.3) is 10.8 Å². The second kappa shape index (κ2) is 11.7. The van der Waals surface area contributed by atoms with Crippen molar-refractivity contribution in [3.05, 3.63) is 129 Å². The number of dihydropyridines is 1. The van der Waals surface area contributed by atoms with E-state index in [1.165, 1.54) is 16.3 Å². The largest absolute Gasteiger partial charge is 0.495 e. The fourth-order valence-corrected chi connectivity index (χ4v) is 6.19. The van der Waals surface area contributed by atoms with Crippen LogP contribution < -0.4 is 15.4 Å². The van der Waals surface area contributed by atoms with Gasteiger partial charge in [-0.2, -0.15) is 5.26 Å². The number of nitrogens with zero attached hydrogens (tertiary/aromatic N) is 1. The molecular weight excluding hydrogens is 526 g/mol. The summed E-state index contributed by atoms with van der Waals surface area (Å²) in [6.45, 7) is 1.85. The molecule has 1 unspecified atom stereocenters. The van der Waals surface area contributed by atoms with E-state index >= 15 is 0 Å². The van der Waals surface area contributed by atoms with Crippen molar-refractivity contribution in [1.29, 1.82) is 5.26 Å². The summed E-state index contributed by atoms with van der Waals surface area (Å²) in [7, 11) is 1.56. The van der Waals surface area contributed by atoms with E-state index in [0.29, 0.717) is 49.6 Å². The van der Waals surface area contributed by atoms with E-state index < -0.39 is 5.92 Å². The molecule has 5 rings (SSSR count). The standard InChI is InChI=1S/C32H26ClN3O2S/c1-20-29(31(37)36-27-16-7-8-17-28(27)38-2)30(24-14-5-6-15-26(24)33)25(18-34)32(35-20)39-19-22-12-9-11-21-10-3-4-13-23(21)22/h3-17,30,35H,19H2,1-2H3,(H,36,37). The predicted octanol–water partition coefficient (Wildman–Crippen LogP) is 7.77. The molecule has 0 bridgehead atoms. The summed E-state index contributed by atoms with van der Waals surface area (Å²) in [5, 5.41) is 20.3. The van der Waals surface area contributed by atoms with Gasteiger partial charge >= 0.3 is 0 Å². The second-order valence-corrected chi connectivity index (χ2v) is 10.4. The lowest BCUT2D eigenvalue weighted by molar-refractivity contribution is -0.113. The SMILES string of the molecule is COc1ccccc1NC(=O)C1=C(C)NC(SCc2cccc3ccccc23)=C(C#N)C1c1ccccc1Cl. The van der Waals surface area contributed by atoms with Gasteiger partial charge in [-0.05, 0) is 47.0 Å².